The van der Waals surface area contributed by atoms with Gasteiger partial charge in [-0.15, -0.1) is 0 Å². The summed E-state index contributed by atoms with van der Waals surface area (Å²) in [5.74, 6) is 2.25. The van der Waals surface area contributed by atoms with Crippen molar-refractivity contribution in [3.05, 3.63) is 88.1 Å². The van der Waals surface area contributed by atoms with Crippen molar-refractivity contribution in [2.45, 2.75) is 37.7 Å². The molecule has 6 rings (SSSR count). The van der Waals surface area contributed by atoms with Crippen LogP contribution >= 0.6 is 0 Å². The Morgan fingerprint density at radius 3 is 2.79 bits per heavy atom. The molecule has 1 fully saturated rings. The van der Waals surface area contributed by atoms with Crippen molar-refractivity contribution in [2.75, 3.05) is 0 Å². The summed E-state index contributed by atoms with van der Waals surface area (Å²) in [6, 6.07) is 17.7. The van der Waals surface area contributed by atoms with Crippen LogP contribution in [0.3, 0.4) is 0 Å². The second-order valence-corrected chi connectivity index (χ2v) is 8.01. The van der Waals surface area contributed by atoms with Crippen molar-refractivity contribution in [1.29, 1.82) is 0 Å². The van der Waals surface area contributed by atoms with Crippen LogP contribution < -0.4 is 10.3 Å². The number of benzene rings is 2. The maximum Gasteiger partial charge on any atom is 0.258 e. The fourth-order valence-electron chi connectivity index (χ4n) is 4.27. The number of rotatable bonds is 4. The van der Waals surface area contributed by atoms with Crippen LogP contribution in [-0.4, -0.2) is 14.5 Å². The van der Waals surface area contributed by atoms with Gasteiger partial charge in [-0.3, -0.25) is 9.36 Å². The van der Waals surface area contributed by atoms with Crippen LogP contribution in [0, 0.1) is 0 Å². The Bertz CT molecular complexity index is 1280. The number of fused-ring (bicyclic) bond motifs is 2. The van der Waals surface area contributed by atoms with Crippen molar-refractivity contribution in [2.24, 2.45) is 0 Å². The van der Waals surface area contributed by atoms with E-state index in [0.717, 1.165) is 35.4 Å². The molecule has 2 aliphatic rings. The molecule has 0 aliphatic heterocycles. The first kappa shape index (κ1) is 16.6. The van der Waals surface area contributed by atoms with Crippen LogP contribution in [0.5, 0.6) is 5.75 Å². The van der Waals surface area contributed by atoms with Gasteiger partial charge in [-0.05, 0) is 61.1 Å². The molecule has 5 heteroatoms. The zero-order chi connectivity index (χ0) is 19.4. The van der Waals surface area contributed by atoms with Crippen LogP contribution in [0.15, 0.2) is 65.6 Å². The molecule has 1 N–H and O–H groups in total. The molecule has 2 aromatic carbocycles. The number of aromatic nitrogens is 3. The van der Waals surface area contributed by atoms with E-state index in [1.807, 2.05) is 30.3 Å². The monoisotopic (exact) mass is 383 g/mol. The number of pyridine rings is 1. The third kappa shape index (κ3) is 2.94. The van der Waals surface area contributed by atoms with Crippen molar-refractivity contribution < 1.29 is 4.74 Å². The lowest BCUT2D eigenvalue weighted by molar-refractivity contribution is 0.207. The number of imidazole rings is 1. The van der Waals surface area contributed by atoms with Gasteiger partial charge in [0.05, 0.1) is 16.7 Å². The molecule has 0 spiro atoms. The van der Waals surface area contributed by atoms with Gasteiger partial charge in [0, 0.05) is 18.2 Å². The van der Waals surface area contributed by atoms with E-state index in [4.69, 9.17) is 4.74 Å². The third-order valence-electron chi connectivity index (χ3n) is 5.97. The smallest absolute Gasteiger partial charge is 0.258 e. The molecule has 0 bridgehead atoms. The van der Waals surface area contributed by atoms with Crippen molar-refractivity contribution in [3.8, 4) is 11.4 Å². The first-order valence-electron chi connectivity index (χ1n) is 10.2. The first-order valence-corrected chi connectivity index (χ1v) is 10.2. The minimum absolute atomic E-state index is 0.0173. The Morgan fingerprint density at radius 1 is 1.03 bits per heavy atom. The highest BCUT2D eigenvalue weighted by atomic mass is 16.5. The normalized spacial score (nSPS) is 18.1. The average Bonchev–Trinajstić information content (AvgIpc) is 3.38. The fraction of sp³-hybridized carbons (Fsp3) is 0.250. The summed E-state index contributed by atoms with van der Waals surface area (Å²) < 4.78 is 7.80. The van der Waals surface area contributed by atoms with E-state index in [2.05, 4.69) is 28.2 Å². The molecule has 1 atom stereocenters. The van der Waals surface area contributed by atoms with Gasteiger partial charge in [0.2, 0.25) is 0 Å². The number of ether oxygens (including phenoxy) is 1. The quantitative estimate of drug-likeness (QED) is 0.558. The molecular formula is C24H21N3O2. The van der Waals surface area contributed by atoms with Crippen LogP contribution in [0.25, 0.3) is 16.7 Å². The summed E-state index contributed by atoms with van der Waals surface area (Å²) >= 11 is 0. The SMILES string of the molecule is O=c1cc(OC2CCc3ccccc32)ccn1-c1ccc2nc(C3CC3)[nH]c2c1. The number of nitrogens with one attached hydrogen (secondary N) is 1. The summed E-state index contributed by atoms with van der Waals surface area (Å²) in [6.45, 7) is 0. The highest BCUT2D eigenvalue weighted by molar-refractivity contribution is 5.77. The zero-order valence-electron chi connectivity index (χ0n) is 16.0. The molecule has 4 aromatic rings. The number of aryl methyl sites for hydroxylation is 1. The number of H-pyrrole nitrogens is 1. The largest absolute Gasteiger partial charge is 0.485 e. The summed E-state index contributed by atoms with van der Waals surface area (Å²) in [5, 5.41) is 0. The Hall–Kier alpha value is -3.34. The number of hydrogen-bond donors (Lipinski definition) is 1. The van der Waals surface area contributed by atoms with Gasteiger partial charge in [-0.2, -0.15) is 0 Å². The van der Waals surface area contributed by atoms with Gasteiger partial charge in [0.1, 0.15) is 17.7 Å². The third-order valence-corrected chi connectivity index (χ3v) is 5.97. The summed E-state index contributed by atoms with van der Waals surface area (Å²) in [5.41, 5.74) is 5.21. The fourth-order valence-corrected chi connectivity index (χ4v) is 4.27. The van der Waals surface area contributed by atoms with Crippen molar-refractivity contribution >= 4 is 11.0 Å². The molecule has 5 nitrogen and oxygen atoms in total. The maximum absolute atomic E-state index is 12.8. The number of nitrogens with zero attached hydrogens (tertiary/aromatic N) is 2. The van der Waals surface area contributed by atoms with Crippen molar-refractivity contribution in [1.82, 2.24) is 14.5 Å². The van der Waals surface area contributed by atoms with Gasteiger partial charge in [0.25, 0.3) is 5.56 Å². The molecule has 1 unspecified atom stereocenters. The highest BCUT2D eigenvalue weighted by Crippen LogP contribution is 2.39. The molecule has 0 radical (unpaired) electrons. The van der Waals surface area contributed by atoms with Crippen LogP contribution in [0.2, 0.25) is 0 Å². The van der Waals surface area contributed by atoms with E-state index in [0.29, 0.717) is 11.7 Å². The van der Waals surface area contributed by atoms with Gasteiger partial charge in [-0.25, -0.2) is 4.98 Å². The van der Waals surface area contributed by atoms with E-state index >= 15 is 0 Å². The molecule has 0 amide bonds. The summed E-state index contributed by atoms with van der Waals surface area (Å²) in [6.07, 6.45) is 6.19. The van der Waals surface area contributed by atoms with Gasteiger partial charge < -0.3 is 9.72 Å². The number of hydrogen-bond acceptors (Lipinski definition) is 3. The molecule has 2 aliphatic carbocycles. The standard InChI is InChI=1S/C24H21N3O2/c28-23-14-18(29-22-10-7-15-3-1-2-4-19(15)22)11-12-27(23)17-8-9-20-21(13-17)26-24(25-20)16-5-6-16/h1-4,8-9,11-14,16,22H,5-7,10H2,(H,25,26). The molecule has 2 heterocycles. The highest BCUT2D eigenvalue weighted by Gasteiger charge is 2.27. The predicted octanol–water partition coefficient (Wildman–Crippen LogP) is 4.66. The molecule has 29 heavy (non-hydrogen) atoms. The Labute approximate surface area is 168 Å². The minimum Gasteiger partial charge on any atom is -0.485 e. The van der Waals surface area contributed by atoms with E-state index in [9.17, 15) is 4.79 Å². The van der Waals surface area contributed by atoms with E-state index in [1.165, 1.54) is 24.0 Å². The van der Waals surface area contributed by atoms with Crippen LogP contribution in [-0.2, 0) is 6.42 Å². The van der Waals surface area contributed by atoms with Crippen molar-refractivity contribution in [3.63, 3.8) is 0 Å². The Kier molecular flexibility index (Phi) is 3.63. The molecule has 144 valence electrons. The summed E-state index contributed by atoms with van der Waals surface area (Å²) in [4.78, 5) is 20.8. The lowest BCUT2D eigenvalue weighted by atomic mass is 10.1. The van der Waals surface area contributed by atoms with Crippen LogP contribution in [0.4, 0.5) is 0 Å². The minimum atomic E-state index is -0.102. The van der Waals surface area contributed by atoms with Gasteiger partial charge in [-0.1, -0.05) is 24.3 Å². The van der Waals surface area contributed by atoms with Gasteiger partial charge in [0.15, 0.2) is 0 Å². The lowest BCUT2D eigenvalue weighted by Gasteiger charge is -2.15. The summed E-state index contributed by atoms with van der Waals surface area (Å²) in [7, 11) is 0. The second kappa shape index (κ2) is 6.34. The Balaban J connectivity index is 1.29. The topological polar surface area (TPSA) is 59.9 Å². The van der Waals surface area contributed by atoms with Gasteiger partial charge >= 0.3 is 0 Å². The van der Waals surface area contributed by atoms with E-state index in [-0.39, 0.29) is 11.7 Å². The van der Waals surface area contributed by atoms with E-state index in [1.54, 1.807) is 16.8 Å². The molecule has 2 aromatic heterocycles. The second-order valence-electron chi connectivity index (χ2n) is 8.01. The molecule has 1 saturated carbocycles. The Morgan fingerprint density at radius 2 is 1.93 bits per heavy atom. The first-order chi connectivity index (χ1) is 14.2. The lowest BCUT2D eigenvalue weighted by Crippen LogP contribution is -2.17. The maximum atomic E-state index is 12.8. The number of aromatic amines is 1. The average molecular weight is 383 g/mol. The predicted molar refractivity (Wildman–Crippen MR) is 112 cm³/mol. The molecular weight excluding hydrogens is 362 g/mol. The van der Waals surface area contributed by atoms with Crippen LogP contribution in [0.1, 0.15) is 48.2 Å². The van der Waals surface area contributed by atoms with E-state index < -0.39 is 0 Å². The zero-order valence-corrected chi connectivity index (χ0v) is 16.0. The molecule has 0 saturated heterocycles.